The average Bonchev–Trinajstić information content (AvgIpc) is 2.34. The minimum Gasteiger partial charge on any atom is -0.316 e. The van der Waals surface area contributed by atoms with E-state index in [1.165, 1.54) is 19.3 Å². The van der Waals surface area contributed by atoms with Gasteiger partial charge in [-0.25, -0.2) is 0 Å². The van der Waals surface area contributed by atoms with Crippen LogP contribution in [0.1, 0.15) is 19.3 Å². The van der Waals surface area contributed by atoms with Gasteiger partial charge in [-0.3, -0.25) is 14.7 Å². The Morgan fingerprint density at radius 3 is 2.75 bits per heavy atom. The third kappa shape index (κ3) is 5.19. The van der Waals surface area contributed by atoms with Gasteiger partial charge in [0.25, 0.3) is 0 Å². The topological polar surface area (TPSA) is 44.7 Å². The number of aliphatic imine (C=N–C) groups is 1. The average molecular weight is 223 g/mol. The van der Waals surface area contributed by atoms with Crippen LogP contribution in [0.2, 0.25) is 0 Å². The highest BCUT2D eigenvalue weighted by Gasteiger charge is 2.11. The Labute approximate surface area is 97.4 Å². The summed E-state index contributed by atoms with van der Waals surface area (Å²) >= 11 is 0. The maximum Gasteiger partial charge on any atom is 0.165 e. The highest BCUT2D eigenvalue weighted by Crippen LogP contribution is 2.07. The summed E-state index contributed by atoms with van der Waals surface area (Å²) in [6, 6.07) is 0. The molecule has 0 spiro atoms. The Kier molecular flexibility index (Phi) is 6.69. The molecule has 1 saturated heterocycles. The second-order valence-electron chi connectivity index (χ2n) is 4.02. The van der Waals surface area contributed by atoms with Crippen LogP contribution >= 0.6 is 0 Å². The maximum atomic E-state index is 10.8. The monoisotopic (exact) mass is 223 g/mol. The Bertz CT molecular complexity index is 255. The summed E-state index contributed by atoms with van der Waals surface area (Å²) in [5.41, 5.74) is 0.620. The molecule has 1 N–H and O–H groups in total. The Morgan fingerprint density at radius 1 is 1.38 bits per heavy atom. The van der Waals surface area contributed by atoms with Gasteiger partial charge >= 0.3 is 0 Å². The number of nitrogens with one attached hydrogen (secondary N) is 1. The van der Waals surface area contributed by atoms with Crippen LogP contribution in [0.4, 0.5) is 0 Å². The van der Waals surface area contributed by atoms with Crippen LogP contribution < -0.4 is 5.32 Å². The van der Waals surface area contributed by atoms with E-state index in [1.54, 1.807) is 6.20 Å². The second kappa shape index (κ2) is 8.19. The summed E-state index contributed by atoms with van der Waals surface area (Å²) in [5, 5.41) is 2.99. The predicted molar refractivity (Wildman–Crippen MR) is 66.9 cm³/mol. The number of likely N-dealkylation sites (N-methyl/N-ethyl adjacent to an activating group) is 1. The number of aldehydes is 1. The largest absolute Gasteiger partial charge is 0.316 e. The van der Waals surface area contributed by atoms with Crippen molar-refractivity contribution in [2.45, 2.75) is 19.3 Å². The van der Waals surface area contributed by atoms with Gasteiger partial charge in [0.1, 0.15) is 0 Å². The quantitative estimate of drug-likeness (QED) is 0.536. The van der Waals surface area contributed by atoms with Crippen molar-refractivity contribution < 1.29 is 4.79 Å². The molecule has 0 aliphatic carbocycles. The lowest BCUT2D eigenvalue weighted by Gasteiger charge is -2.25. The summed E-state index contributed by atoms with van der Waals surface area (Å²) in [6.07, 6.45) is 8.25. The Hall–Kier alpha value is -1.00. The molecule has 0 unspecified atom stereocenters. The minimum absolute atomic E-state index is 0.620. The molecule has 1 fully saturated rings. The van der Waals surface area contributed by atoms with Gasteiger partial charge in [-0.15, -0.1) is 0 Å². The molecular weight excluding hydrogens is 202 g/mol. The van der Waals surface area contributed by atoms with Gasteiger partial charge in [-0.1, -0.05) is 12.5 Å². The normalized spacial score (nSPS) is 19.2. The number of hydrogen-bond acceptors (Lipinski definition) is 4. The molecule has 4 nitrogen and oxygen atoms in total. The first kappa shape index (κ1) is 13.1. The van der Waals surface area contributed by atoms with Crippen molar-refractivity contribution in [3.63, 3.8) is 0 Å². The lowest BCUT2D eigenvalue weighted by Crippen LogP contribution is -2.34. The summed E-state index contributed by atoms with van der Waals surface area (Å²) in [5.74, 6) is 0. The van der Waals surface area contributed by atoms with Crippen molar-refractivity contribution in [2.75, 3.05) is 33.2 Å². The molecule has 0 bridgehead atoms. The van der Waals surface area contributed by atoms with E-state index in [9.17, 15) is 4.79 Å². The SMILES string of the molecule is CNCC=CN=C(C=O)CN1CCCCC1. The molecule has 0 aromatic carbocycles. The van der Waals surface area contributed by atoms with Gasteiger partial charge in [0.2, 0.25) is 0 Å². The van der Waals surface area contributed by atoms with Gasteiger partial charge in [0, 0.05) is 19.3 Å². The maximum absolute atomic E-state index is 10.8. The van der Waals surface area contributed by atoms with Crippen LogP contribution in [0.5, 0.6) is 0 Å². The van der Waals surface area contributed by atoms with Crippen LogP contribution in [0.25, 0.3) is 0 Å². The molecular formula is C12H21N3O. The van der Waals surface area contributed by atoms with Gasteiger partial charge in [0.05, 0.1) is 5.71 Å². The molecule has 1 aliphatic rings. The molecule has 0 radical (unpaired) electrons. The van der Waals surface area contributed by atoms with Gasteiger partial charge in [-0.05, 0) is 33.0 Å². The molecule has 0 saturated carbocycles. The summed E-state index contributed by atoms with van der Waals surface area (Å²) < 4.78 is 0. The molecule has 16 heavy (non-hydrogen) atoms. The molecule has 1 aliphatic heterocycles. The molecule has 0 aromatic heterocycles. The zero-order chi connectivity index (χ0) is 11.6. The number of piperidine rings is 1. The van der Waals surface area contributed by atoms with E-state index in [0.717, 1.165) is 25.9 Å². The van der Waals surface area contributed by atoms with Crippen molar-refractivity contribution in [1.29, 1.82) is 0 Å². The smallest absolute Gasteiger partial charge is 0.165 e. The summed E-state index contributed by atoms with van der Waals surface area (Å²) in [7, 11) is 1.88. The van der Waals surface area contributed by atoms with Crippen molar-refractivity contribution in [1.82, 2.24) is 10.2 Å². The molecule has 0 atom stereocenters. The number of nitrogens with zero attached hydrogens (tertiary/aromatic N) is 2. The lowest BCUT2D eigenvalue weighted by atomic mass is 10.1. The van der Waals surface area contributed by atoms with E-state index in [4.69, 9.17) is 0 Å². The van der Waals surface area contributed by atoms with Crippen LogP contribution in [0.3, 0.4) is 0 Å². The Morgan fingerprint density at radius 2 is 2.12 bits per heavy atom. The molecule has 0 aromatic rings. The standard InChI is InChI=1S/C12H21N3O/c1-13-6-5-7-14-12(11-16)10-15-8-3-2-4-9-15/h5,7,11,13H,2-4,6,8-10H2,1H3. The first-order valence-electron chi connectivity index (χ1n) is 5.90. The highest BCUT2D eigenvalue weighted by atomic mass is 16.1. The zero-order valence-electron chi connectivity index (χ0n) is 9.98. The van der Waals surface area contributed by atoms with Gasteiger partial charge in [0.15, 0.2) is 6.29 Å². The van der Waals surface area contributed by atoms with Crippen LogP contribution in [0, 0.1) is 0 Å². The van der Waals surface area contributed by atoms with Gasteiger partial charge < -0.3 is 5.32 Å². The van der Waals surface area contributed by atoms with Crippen LogP contribution in [0.15, 0.2) is 17.3 Å². The van der Waals surface area contributed by atoms with E-state index in [2.05, 4.69) is 15.2 Å². The van der Waals surface area contributed by atoms with Crippen molar-refractivity contribution in [3.8, 4) is 0 Å². The van der Waals surface area contributed by atoms with E-state index >= 15 is 0 Å². The van der Waals surface area contributed by atoms with Gasteiger partial charge in [-0.2, -0.15) is 0 Å². The van der Waals surface area contributed by atoms with Crippen LogP contribution in [-0.4, -0.2) is 50.1 Å². The van der Waals surface area contributed by atoms with Crippen molar-refractivity contribution in [2.24, 2.45) is 4.99 Å². The summed E-state index contributed by atoms with van der Waals surface area (Å²) in [4.78, 5) is 17.3. The second-order valence-corrected chi connectivity index (χ2v) is 4.02. The van der Waals surface area contributed by atoms with E-state index in [1.807, 2.05) is 13.1 Å². The van der Waals surface area contributed by atoms with E-state index < -0.39 is 0 Å². The minimum atomic E-state index is 0.620. The Balaban J connectivity index is 2.37. The number of rotatable bonds is 6. The molecule has 1 rings (SSSR count). The predicted octanol–water partition coefficient (Wildman–Crippen LogP) is 0.845. The number of hydrogen-bond donors (Lipinski definition) is 1. The van der Waals surface area contributed by atoms with Crippen LogP contribution in [-0.2, 0) is 4.79 Å². The highest BCUT2D eigenvalue weighted by molar-refractivity contribution is 6.29. The van der Waals surface area contributed by atoms with E-state index in [-0.39, 0.29) is 0 Å². The zero-order valence-corrected chi connectivity index (χ0v) is 9.98. The summed E-state index contributed by atoms with van der Waals surface area (Å²) in [6.45, 7) is 3.65. The first-order chi connectivity index (χ1) is 7.86. The fourth-order valence-electron chi connectivity index (χ4n) is 1.77. The third-order valence-electron chi connectivity index (χ3n) is 2.64. The number of carbonyl (C=O) groups is 1. The van der Waals surface area contributed by atoms with Crippen molar-refractivity contribution >= 4 is 12.0 Å². The third-order valence-corrected chi connectivity index (χ3v) is 2.64. The molecule has 1 heterocycles. The van der Waals surface area contributed by atoms with Crippen molar-refractivity contribution in [3.05, 3.63) is 12.3 Å². The lowest BCUT2D eigenvalue weighted by molar-refractivity contribution is -0.102. The fourth-order valence-corrected chi connectivity index (χ4v) is 1.77. The molecule has 0 amide bonds. The van der Waals surface area contributed by atoms with E-state index in [0.29, 0.717) is 12.3 Å². The molecule has 90 valence electrons. The number of likely N-dealkylation sites (tertiary alicyclic amines) is 1. The molecule has 4 heteroatoms. The number of carbonyl (C=O) groups excluding carboxylic acids is 1. The first-order valence-corrected chi connectivity index (χ1v) is 5.90. The fraction of sp³-hybridized carbons (Fsp3) is 0.667.